The highest BCUT2D eigenvalue weighted by Crippen LogP contribution is 2.22. The van der Waals surface area contributed by atoms with Crippen LogP contribution in [0.5, 0.6) is 0 Å². The van der Waals surface area contributed by atoms with Crippen LogP contribution < -0.4 is 0 Å². The van der Waals surface area contributed by atoms with Gasteiger partial charge in [0.1, 0.15) is 0 Å². The molecular weight excluding hydrogens is 188 g/mol. The Hall–Kier alpha value is -0.950. The van der Waals surface area contributed by atoms with Gasteiger partial charge in [0.05, 0.1) is 0 Å². The van der Waals surface area contributed by atoms with Gasteiger partial charge in [0.2, 0.25) is 0 Å². The van der Waals surface area contributed by atoms with Gasteiger partial charge in [-0.3, -0.25) is 0 Å². The van der Waals surface area contributed by atoms with Gasteiger partial charge in [-0.2, -0.15) is 0 Å². The standard InChI is InChI=1S/C13H14S/c1-3-10-4-5-12-9-13(14-2)7-6-11(12)8-10/h4-9H,3H2,1-2H3. The molecule has 0 aliphatic heterocycles. The Balaban J connectivity index is 2.57. The first-order chi connectivity index (χ1) is 6.83. The van der Waals surface area contributed by atoms with Crippen LogP contribution in [-0.4, -0.2) is 6.26 Å². The number of hydrogen-bond acceptors (Lipinski definition) is 1. The Kier molecular flexibility index (Phi) is 2.78. The maximum absolute atomic E-state index is 2.28. The van der Waals surface area contributed by atoms with E-state index >= 15 is 0 Å². The topological polar surface area (TPSA) is 0 Å². The van der Waals surface area contributed by atoms with Crippen LogP contribution in [0.3, 0.4) is 0 Å². The van der Waals surface area contributed by atoms with Crippen molar-refractivity contribution in [2.24, 2.45) is 0 Å². The predicted molar refractivity (Wildman–Crippen MR) is 65.1 cm³/mol. The van der Waals surface area contributed by atoms with Crippen LogP contribution in [0.1, 0.15) is 12.5 Å². The van der Waals surface area contributed by atoms with Gasteiger partial charge >= 0.3 is 0 Å². The summed E-state index contributed by atoms with van der Waals surface area (Å²) in [4.78, 5) is 1.33. The Labute approximate surface area is 89.3 Å². The molecule has 0 bridgehead atoms. The van der Waals surface area contributed by atoms with E-state index in [0.717, 1.165) is 6.42 Å². The quantitative estimate of drug-likeness (QED) is 0.660. The van der Waals surface area contributed by atoms with Gasteiger partial charge in [0.25, 0.3) is 0 Å². The zero-order valence-corrected chi connectivity index (χ0v) is 9.40. The van der Waals surface area contributed by atoms with Gasteiger partial charge in [-0.05, 0) is 41.1 Å². The summed E-state index contributed by atoms with van der Waals surface area (Å²) in [6.07, 6.45) is 3.22. The van der Waals surface area contributed by atoms with E-state index in [1.54, 1.807) is 11.8 Å². The summed E-state index contributed by atoms with van der Waals surface area (Å²) in [7, 11) is 0. The van der Waals surface area contributed by atoms with Gasteiger partial charge in [-0.25, -0.2) is 0 Å². The molecule has 14 heavy (non-hydrogen) atoms. The normalized spacial score (nSPS) is 10.7. The van der Waals surface area contributed by atoms with E-state index < -0.39 is 0 Å². The largest absolute Gasteiger partial charge is 0.130 e. The number of benzene rings is 2. The molecule has 2 rings (SSSR count). The van der Waals surface area contributed by atoms with E-state index in [0.29, 0.717) is 0 Å². The molecule has 2 aromatic rings. The van der Waals surface area contributed by atoms with Crippen molar-refractivity contribution in [1.29, 1.82) is 0 Å². The predicted octanol–water partition coefficient (Wildman–Crippen LogP) is 4.12. The zero-order valence-electron chi connectivity index (χ0n) is 8.58. The number of rotatable bonds is 2. The van der Waals surface area contributed by atoms with E-state index in [2.05, 4.69) is 49.6 Å². The first-order valence-electron chi connectivity index (χ1n) is 4.90. The van der Waals surface area contributed by atoms with E-state index in [1.165, 1.54) is 21.2 Å². The molecule has 0 atom stereocenters. The van der Waals surface area contributed by atoms with Gasteiger partial charge < -0.3 is 0 Å². The van der Waals surface area contributed by atoms with Gasteiger partial charge in [-0.1, -0.05) is 31.2 Å². The van der Waals surface area contributed by atoms with Crippen LogP contribution in [0, 0.1) is 0 Å². The van der Waals surface area contributed by atoms with Crippen LogP contribution in [-0.2, 0) is 6.42 Å². The van der Waals surface area contributed by atoms with Crippen molar-refractivity contribution >= 4 is 22.5 Å². The fourth-order valence-corrected chi connectivity index (χ4v) is 2.07. The first-order valence-corrected chi connectivity index (χ1v) is 6.12. The monoisotopic (exact) mass is 202 g/mol. The fraction of sp³-hybridized carbons (Fsp3) is 0.231. The molecule has 2 aromatic carbocycles. The number of aryl methyl sites for hydroxylation is 1. The molecule has 1 heteroatoms. The van der Waals surface area contributed by atoms with Crippen LogP contribution in [0.15, 0.2) is 41.3 Å². The second-order valence-corrected chi connectivity index (χ2v) is 4.28. The second-order valence-electron chi connectivity index (χ2n) is 3.40. The third kappa shape index (κ3) is 1.78. The summed E-state index contributed by atoms with van der Waals surface area (Å²) in [5.74, 6) is 0. The van der Waals surface area contributed by atoms with Crippen LogP contribution in [0.25, 0.3) is 10.8 Å². The molecule has 0 spiro atoms. The van der Waals surface area contributed by atoms with Crippen molar-refractivity contribution in [3.05, 3.63) is 42.0 Å². The van der Waals surface area contributed by atoms with Crippen LogP contribution in [0.4, 0.5) is 0 Å². The molecule has 0 saturated carbocycles. The summed E-state index contributed by atoms with van der Waals surface area (Å²) in [5.41, 5.74) is 1.41. The van der Waals surface area contributed by atoms with Crippen molar-refractivity contribution in [3.63, 3.8) is 0 Å². The van der Waals surface area contributed by atoms with Crippen LogP contribution >= 0.6 is 11.8 Å². The van der Waals surface area contributed by atoms with Crippen LogP contribution in [0.2, 0.25) is 0 Å². The lowest BCUT2D eigenvalue weighted by Crippen LogP contribution is -1.80. The second kappa shape index (κ2) is 4.05. The summed E-state index contributed by atoms with van der Waals surface area (Å²) in [5, 5.41) is 2.69. The summed E-state index contributed by atoms with van der Waals surface area (Å²) >= 11 is 1.79. The fourth-order valence-electron chi connectivity index (χ4n) is 1.62. The lowest BCUT2D eigenvalue weighted by Gasteiger charge is -2.03. The maximum Gasteiger partial charge on any atom is 0.00755 e. The Morgan fingerprint density at radius 2 is 1.71 bits per heavy atom. The minimum atomic E-state index is 1.11. The average Bonchev–Trinajstić information content (AvgIpc) is 2.27. The Bertz CT molecular complexity index is 403. The smallest absolute Gasteiger partial charge is 0.00755 e. The molecule has 0 fully saturated rings. The molecule has 0 saturated heterocycles. The molecule has 0 aliphatic carbocycles. The van der Waals surface area contributed by atoms with Gasteiger partial charge in [0, 0.05) is 4.90 Å². The van der Waals surface area contributed by atoms with Gasteiger partial charge in [0.15, 0.2) is 0 Å². The summed E-state index contributed by atoms with van der Waals surface area (Å²) < 4.78 is 0. The van der Waals surface area contributed by atoms with Crippen molar-refractivity contribution in [2.45, 2.75) is 18.2 Å². The van der Waals surface area contributed by atoms with E-state index in [4.69, 9.17) is 0 Å². The van der Waals surface area contributed by atoms with E-state index in [1.807, 2.05) is 0 Å². The minimum Gasteiger partial charge on any atom is -0.130 e. The maximum atomic E-state index is 2.28. The minimum absolute atomic E-state index is 1.11. The highest BCUT2D eigenvalue weighted by atomic mass is 32.2. The van der Waals surface area contributed by atoms with Gasteiger partial charge in [-0.15, -0.1) is 11.8 Å². The first kappa shape index (κ1) is 9.60. The third-order valence-corrected chi connectivity index (χ3v) is 3.25. The molecule has 72 valence electrons. The van der Waals surface area contributed by atoms with E-state index in [-0.39, 0.29) is 0 Å². The van der Waals surface area contributed by atoms with E-state index in [9.17, 15) is 0 Å². The number of fused-ring (bicyclic) bond motifs is 1. The highest BCUT2D eigenvalue weighted by Gasteiger charge is 1.96. The molecule has 0 N–H and O–H groups in total. The molecule has 0 amide bonds. The zero-order chi connectivity index (χ0) is 9.97. The SMILES string of the molecule is CCc1ccc2cc(SC)ccc2c1. The van der Waals surface area contributed by atoms with Crippen molar-refractivity contribution < 1.29 is 0 Å². The Morgan fingerprint density at radius 3 is 2.43 bits per heavy atom. The van der Waals surface area contributed by atoms with Crippen molar-refractivity contribution in [3.8, 4) is 0 Å². The highest BCUT2D eigenvalue weighted by molar-refractivity contribution is 7.98. The molecular formula is C13H14S. The molecule has 0 radical (unpaired) electrons. The third-order valence-electron chi connectivity index (χ3n) is 2.52. The summed E-state index contributed by atoms with van der Waals surface area (Å²) in [6, 6.07) is 13.4. The molecule has 0 aromatic heterocycles. The Morgan fingerprint density at radius 1 is 1.00 bits per heavy atom. The number of hydrogen-bond donors (Lipinski definition) is 0. The summed E-state index contributed by atoms with van der Waals surface area (Å²) in [6.45, 7) is 2.19. The molecule has 0 heterocycles. The number of thioether (sulfide) groups is 1. The average molecular weight is 202 g/mol. The molecule has 0 nitrogen and oxygen atoms in total. The lowest BCUT2D eigenvalue weighted by atomic mass is 10.1. The molecule has 0 unspecified atom stereocenters. The lowest BCUT2D eigenvalue weighted by molar-refractivity contribution is 1.15. The molecule has 0 aliphatic rings. The van der Waals surface area contributed by atoms with Crippen molar-refractivity contribution in [1.82, 2.24) is 0 Å². The van der Waals surface area contributed by atoms with Crippen molar-refractivity contribution in [2.75, 3.05) is 6.26 Å².